The lowest BCUT2D eigenvalue weighted by Gasteiger charge is -1.95. The number of aromatic nitrogens is 1. The first-order valence-electron chi connectivity index (χ1n) is 5.68. The van der Waals surface area contributed by atoms with E-state index in [-0.39, 0.29) is 0 Å². The van der Waals surface area contributed by atoms with Gasteiger partial charge in [-0.3, -0.25) is 0 Å². The Morgan fingerprint density at radius 2 is 1.33 bits per heavy atom. The monoisotopic (exact) mass is 253 g/mol. The zero-order valence-electron chi connectivity index (χ0n) is 9.61. The molecule has 3 aromatic rings. The fourth-order valence-corrected chi connectivity index (χ4v) is 2.85. The van der Waals surface area contributed by atoms with Crippen molar-refractivity contribution >= 4 is 11.3 Å². The van der Waals surface area contributed by atoms with Crippen molar-refractivity contribution in [3.05, 3.63) is 72.1 Å². The fourth-order valence-electron chi connectivity index (χ4n) is 1.84. The van der Waals surface area contributed by atoms with Gasteiger partial charge < -0.3 is 5.21 Å². The zero-order valence-corrected chi connectivity index (χ0v) is 10.4. The quantitative estimate of drug-likeness (QED) is 0.505. The molecule has 0 aliphatic rings. The predicted molar refractivity (Wildman–Crippen MR) is 74.2 cm³/mol. The molecule has 0 amide bonds. The van der Waals surface area contributed by atoms with Crippen LogP contribution in [0.3, 0.4) is 0 Å². The van der Waals surface area contributed by atoms with E-state index in [1.165, 1.54) is 11.3 Å². The van der Waals surface area contributed by atoms with Gasteiger partial charge in [0.1, 0.15) is 4.88 Å². The van der Waals surface area contributed by atoms with Crippen LogP contribution in [0.1, 0.15) is 0 Å². The molecule has 1 heterocycles. The van der Waals surface area contributed by atoms with E-state index < -0.39 is 0 Å². The molecular weight excluding hydrogens is 242 g/mol. The molecule has 0 N–H and O–H groups in total. The van der Waals surface area contributed by atoms with Gasteiger partial charge in [0.15, 0.2) is 6.20 Å². The highest BCUT2D eigenvalue weighted by Crippen LogP contribution is 2.30. The molecule has 2 aromatic carbocycles. The standard InChI is InChI=1S/C15H11NOS/c17-16-11-14(12-7-3-1-4-8-12)18-15(16)13-9-5-2-6-10-13/h1-11H. The lowest BCUT2D eigenvalue weighted by molar-refractivity contribution is -0.588. The summed E-state index contributed by atoms with van der Waals surface area (Å²) in [7, 11) is 0. The van der Waals surface area contributed by atoms with Crippen LogP contribution in [0.4, 0.5) is 0 Å². The van der Waals surface area contributed by atoms with E-state index >= 15 is 0 Å². The van der Waals surface area contributed by atoms with Crippen molar-refractivity contribution in [2.75, 3.05) is 0 Å². The highest BCUT2D eigenvalue weighted by atomic mass is 32.1. The second kappa shape index (κ2) is 4.63. The molecule has 0 atom stereocenters. The Morgan fingerprint density at radius 1 is 0.778 bits per heavy atom. The van der Waals surface area contributed by atoms with Crippen molar-refractivity contribution in [1.82, 2.24) is 0 Å². The van der Waals surface area contributed by atoms with Gasteiger partial charge in [0.2, 0.25) is 0 Å². The van der Waals surface area contributed by atoms with Crippen LogP contribution in [0.25, 0.3) is 21.0 Å². The summed E-state index contributed by atoms with van der Waals surface area (Å²) in [5, 5.41) is 12.7. The highest BCUT2D eigenvalue weighted by molar-refractivity contribution is 7.17. The normalized spacial score (nSPS) is 10.4. The summed E-state index contributed by atoms with van der Waals surface area (Å²) in [5.74, 6) is 0. The molecule has 0 aliphatic carbocycles. The van der Waals surface area contributed by atoms with E-state index in [4.69, 9.17) is 0 Å². The predicted octanol–water partition coefficient (Wildman–Crippen LogP) is 3.72. The maximum absolute atomic E-state index is 11.9. The Morgan fingerprint density at radius 3 is 1.94 bits per heavy atom. The first-order valence-corrected chi connectivity index (χ1v) is 6.50. The van der Waals surface area contributed by atoms with Crippen molar-refractivity contribution in [1.29, 1.82) is 0 Å². The van der Waals surface area contributed by atoms with Crippen molar-refractivity contribution < 1.29 is 4.73 Å². The third-order valence-corrected chi connectivity index (χ3v) is 3.89. The Bertz CT molecular complexity index is 647. The summed E-state index contributed by atoms with van der Waals surface area (Å²) >= 11 is 1.52. The second-order valence-electron chi connectivity index (χ2n) is 3.96. The zero-order chi connectivity index (χ0) is 12.4. The number of hydrogen-bond acceptors (Lipinski definition) is 2. The SMILES string of the molecule is [O-][n+]1cc(-c2ccccc2)sc1-c1ccccc1. The largest absolute Gasteiger partial charge is 0.618 e. The molecule has 88 valence electrons. The minimum atomic E-state index is 0.731. The van der Waals surface area contributed by atoms with E-state index in [1.54, 1.807) is 6.20 Å². The lowest BCUT2D eigenvalue weighted by Crippen LogP contribution is -2.24. The number of benzene rings is 2. The van der Waals surface area contributed by atoms with E-state index in [1.807, 2.05) is 60.7 Å². The first-order chi connectivity index (χ1) is 8.84. The number of thiazole rings is 1. The molecule has 0 saturated carbocycles. The van der Waals surface area contributed by atoms with Crippen molar-refractivity contribution in [2.45, 2.75) is 0 Å². The van der Waals surface area contributed by atoms with Crippen LogP contribution in [-0.2, 0) is 0 Å². The van der Waals surface area contributed by atoms with Crippen LogP contribution >= 0.6 is 11.3 Å². The first kappa shape index (κ1) is 11.0. The Kier molecular flexibility index (Phi) is 2.82. The summed E-state index contributed by atoms with van der Waals surface area (Å²) in [6, 6.07) is 19.7. The van der Waals surface area contributed by atoms with Gasteiger partial charge in [-0.05, 0) is 17.7 Å². The van der Waals surface area contributed by atoms with Crippen LogP contribution in [0, 0.1) is 5.21 Å². The molecular formula is C15H11NOS. The summed E-state index contributed by atoms with van der Waals surface area (Å²) in [4.78, 5) is 0.990. The maximum atomic E-state index is 11.9. The summed E-state index contributed by atoms with van der Waals surface area (Å²) in [6.45, 7) is 0. The lowest BCUT2D eigenvalue weighted by atomic mass is 10.2. The number of nitrogens with zero attached hydrogens (tertiary/aromatic N) is 1. The van der Waals surface area contributed by atoms with Gasteiger partial charge in [-0.15, -0.1) is 0 Å². The molecule has 0 radical (unpaired) electrons. The van der Waals surface area contributed by atoms with Gasteiger partial charge in [0, 0.05) is 0 Å². The molecule has 0 unspecified atom stereocenters. The molecule has 0 aliphatic heterocycles. The Hall–Kier alpha value is -2.13. The molecule has 0 bridgehead atoms. The molecule has 0 fully saturated rings. The molecule has 3 rings (SSSR count). The molecule has 2 nitrogen and oxygen atoms in total. The average molecular weight is 253 g/mol. The molecule has 3 heteroatoms. The van der Waals surface area contributed by atoms with E-state index in [0.717, 1.165) is 25.7 Å². The molecule has 18 heavy (non-hydrogen) atoms. The van der Waals surface area contributed by atoms with Crippen LogP contribution in [0.2, 0.25) is 0 Å². The fraction of sp³-hybridized carbons (Fsp3) is 0. The van der Waals surface area contributed by atoms with Crippen LogP contribution < -0.4 is 4.73 Å². The highest BCUT2D eigenvalue weighted by Gasteiger charge is 2.15. The van der Waals surface area contributed by atoms with Gasteiger partial charge in [-0.2, -0.15) is 4.73 Å². The van der Waals surface area contributed by atoms with E-state index in [0.29, 0.717) is 0 Å². The summed E-state index contributed by atoms with van der Waals surface area (Å²) in [6.07, 6.45) is 1.64. The number of hydrogen-bond donors (Lipinski definition) is 0. The maximum Gasteiger partial charge on any atom is 0.280 e. The Balaban J connectivity index is 2.07. The van der Waals surface area contributed by atoms with E-state index in [2.05, 4.69) is 0 Å². The van der Waals surface area contributed by atoms with Crippen LogP contribution in [-0.4, -0.2) is 0 Å². The molecule has 0 spiro atoms. The summed E-state index contributed by atoms with van der Waals surface area (Å²) < 4.78 is 0.947. The van der Waals surface area contributed by atoms with E-state index in [9.17, 15) is 5.21 Å². The van der Waals surface area contributed by atoms with Crippen molar-refractivity contribution in [2.24, 2.45) is 0 Å². The smallest absolute Gasteiger partial charge is 0.280 e. The summed E-state index contributed by atoms with van der Waals surface area (Å²) in [5.41, 5.74) is 2.04. The third kappa shape index (κ3) is 2.00. The van der Waals surface area contributed by atoms with Crippen molar-refractivity contribution in [3.8, 4) is 21.0 Å². The average Bonchev–Trinajstić information content (AvgIpc) is 2.83. The van der Waals surface area contributed by atoms with Gasteiger partial charge in [0.25, 0.3) is 5.01 Å². The Labute approximate surface area is 109 Å². The van der Waals surface area contributed by atoms with Gasteiger partial charge >= 0.3 is 0 Å². The van der Waals surface area contributed by atoms with Crippen LogP contribution in [0.15, 0.2) is 66.9 Å². The van der Waals surface area contributed by atoms with Crippen LogP contribution in [0.5, 0.6) is 0 Å². The molecule has 1 aromatic heterocycles. The van der Waals surface area contributed by atoms with Gasteiger partial charge in [-0.25, -0.2) is 0 Å². The van der Waals surface area contributed by atoms with Crippen molar-refractivity contribution in [3.63, 3.8) is 0 Å². The topological polar surface area (TPSA) is 26.9 Å². The minimum Gasteiger partial charge on any atom is -0.618 e. The van der Waals surface area contributed by atoms with Gasteiger partial charge in [-0.1, -0.05) is 59.9 Å². The third-order valence-electron chi connectivity index (χ3n) is 2.72. The number of rotatable bonds is 2. The molecule has 0 saturated heterocycles. The van der Waals surface area contributed by atoms with Gasteiger partial charge in [0.05, 0.1) is 5.56 Å². The second-order valence-corrected chi connectivity index (χ2v) is 4.99. The minimum absolute atomic E-state index is 0.731.